The fourth-order valence-electron chi connectivity index (χ4n) is 2.30. The van der Waals surface area contributed by atoms with Crippen molar-refractivity contribution < 1.29 is 18.7 Å². The lowest BCUT2D eigenvalue weighted by atomic mass is 9.88. The Morgan fingerprint density at radius 1 is 1.30 bits per heavy atom. The number of esters is 1. The van der Waals surface area contributed by atoms with Crippen LogP contribution in [0.5, 0.6) is 0 Å². The second-order valence-corrected chi connectivity index (χ2v) is 7.38. The summed E-state index contributed by atoms with van der Waals surface area (Å²) in [6, 6.07) is 5.98. The van der Waals surface area contributed by atoms with E-state index in [2.05, 4.69) is 15.6 Å². The topological polar surface area (TPSA) is 80.3 Å². The Hall–Kier alpha value is -2.32. The number of aromatic nitrogens is 1. The summed E-state index contributed by atoms with van der Waals surface area (Å²) in [5.41, 5.74) is 0.456. The molecule has 1 atom stereocenters. The summed E-state index contributed by atoms with van der Waals surface area (Å²) in [5, 5.41) is 7.92. The highest BCUT2D eigenvalue weighted by molar-refractivity contribution is 7.14. The lowest BCUT2D eigenvalue weighted by Gasteiger charge is -2.32. The predicted octanol–water partition coefficient (Wildman–Crippen LogP) is 3.46. The second-order valence-electron chi connectivity index (χ2n) is 6.52. The van der Waals surface area contributed by atoms with Gasteiger partial charge >= 0.3 is 5.97 Å². The van der Waals surface area contributed by atoms with Gasteiger partial charge in [-0.2, -0.15) is 0 Å². The van der Waals surface area contributed by atoms with Crippen LogP contribution in [-0.4, -0.2) is 35.6 Å². The number of amides is 1. The molecule has 2 rings (SSSR count). The van der Waals surface area contributed by atoms with Crippen molar-refractivity contribution in [3.05, 3.63) is 35.5 Å². The minimum absolute atomic E-state index is 0.0566. The van der Waals surface area contributed by atoms with E-state index in [1.54, 1.807) is 31.4 Å². The maximum absolute atomic E-state index is 13.0. The molecule has 0 fully saturated rings. The number of ether oxygens (including phenoxy) is 1. The molecule has 2 aromatic rings. The van der Waals surface area contributed by atoms with E-state index in [1.165, 1.54) is 23.5 Å². The van der Waals surface area contributed by atoms with Crippen LogP contribution in [0.15, 0.2) is 29.6 Å². The zero-order valence-electron chi connectivity index (χ0n) is 15.8. The quantitative estimate of drug-likeness (QED) is 0.672. The first-order valence-corrected chi connectivity index (χ1v) is 9.57. The van der Waals surface area contributed by atoms with Crippen molar-refractivity contribution in [1.29, 1.82) is 0 Å². The molecule has 0 bridgehead atoms. The first-order valence-electron chi connectivity index (χ1n) is 8.69. The third-order valence-electron chi connectivity index (χ3n) is 4.36. The van der Waals surface area contributed by atoms with E-state index in [0.717, 1.165) is 5.56 Å². The number of benzene rings is 1. The molecule has 2 N–H and O–H groups in total. The number of nitrogens with zero attached hydrogens (tertiary/aromatic N) is 1. The molecule has 27 heavy (non-hydrogen) atoms. The highest BCUT2D eigenvalue weighted by atomic mass is 32.1. The molecule has 1 unspecified atom stereocenters. The number of hydrogen-bond acceptors (Lipinski definition) is 6. The normalized spacial score (nSPS) is 13.3. The summed E-state index contributed by atoms with van der Waals surface area (Å²) in [7, 11) is 0. The van der Waals surface area contributed by atoms with Crippen LogP contribution in [0, 0.1) is 11.7 Å². The predicted molar refractivity (Wildman–Crippen MR) is 104 cm³/mol. The van der Waals surface area contributed by atoms with Gasteiger partial charge in [0.15, 0.2) is 5.13 Å². The Morgan fingerprint density at radius 2 is 1.96 bits per heavy atom. The number of hydrogen-bond donors (Lipinski definition) is 2. The second kappa shape index (κ2) is 9.05. The Balaban J connectivity index is 1.97. The van der Waals surface area contributed by atoms with Gasteiger partial charge in [-0.05, 0) is 44.0 Å². The number of carbonyl (C=O) groups excluding carboxylic acids is 2. The zero-order valence-corrected chi connectivity index (χ0v) is 16.7. The number of thiazole rings is 1. The van der Waals surface area contributed by atoms with Gasteiger partial charge in [-0.15, -0.1) is 11.3 Å². The first kappa shape index (κ1) is 21.0. The Kier molecular flexibility index (Phi) is 7.04. The third kappa shape index (κ3) is 5.33. The lowest BCUT2D eigenvalue weighted by molar-refractivity contribution is -0.152. The molecule has 0 aliphatic carbocycles. The SMILES string of the molecule is CCOC(=O)C(C)(NCC(=O)Nc1nc(-c2ccc(F)cc2)cs1)C(C)C. The summed E-state index contributed by atoms with van der Waals surface area (Å²) in [6.45, 7) is 7.46. The van der Waals surface area contributed by atoms with Crippen LogP contribution < -0.4 is 10.6 Å². The highest BCUT2D eigenvalue weighted by Crippen LogP contribution is 2.25. The molecule has 1 aromatic heterocycles. The van der Waals surface area contributed by atoms with Crippen LogP contribution in [0.25, 0.3) is 11.3 Å². The van der Waals surface area contributed by atoms with Crippen molar-refractivity contribution in [1.82, 2.24) is 10.3 Å². The Bertz CT molecular complexity index is 792. The molecule has 0 aliphatic heterocycles. The minimum Gasteiger partial charge on any atom is -0.465 e. The van der Waals surface area contributed by atoms with E-state index in [1.807, 2.05) is 13.8 Å². The van der Waals surface area contributed by atoms with E-state index >= 15 is 0 Å². The van der Waals surface area contributed by atoms with Crippen LogP contribution in [0.2, 0.25) is 0 Å². The van der Waals surface area contributed by atoms with E-state index in [-0.39, 0.29) is 36.8 Å². The molecule has 6 nitrogen and oxygen atoms in total. The van der Waals surface area contributed by atoms with Gasteiger partial charge in [-0.3, -0.25) is 14.9 Å². The van der Waals surface area contributed by atoms with Crippen molar-refractivity contribution in [2.24, 2.45) is 5.92 Å². The largest absolute Gasteiger partial charge is 0.465 e. The highest BCUT2D eigenvalue weighted by Gasteiger charge is 2.38. The van der Waals surface area contributed by atoms with Gasteiger partial charge in [0.2, 0.25) is 5.91 Å². The van der Waals surface area contributed by atoms with Gasteiger partial charge in [-0.25, -0.2) is 9.37 Å². The monoisotopic (exact) mass is 393 g/mol. The fraction of sp³-hybridized carbons (Fsp3) is 0.421. The Morgan fingerprint density at radius 3 is 2.56 bits per heavy atom. The molecule has 0 spiro atoms. The van der Waals surface area contributed by atoms with E-state index in [9.17, 15) is 14.0 Å². The number of anilines is 1. The van der Waals surface area contributed by atoms with Crippen LogP contribution in [0.4, 0.5) is 9.52 Å². The lowest BCUT2D eigenvalue weighted by Crippen LogP contribution is -2.56. The minimum atomic E-state index is -0.963. The summed E-state index contributed by atoms with van der Waals surface area (Å²) in [5.74, 6) is -1.08. The van der Waals surface area contributed by atoms with Gasteiger partial charge in [0.05, 0.1) is 18.8 Å². The first-order chi connectivity index (χ1) is 12.8. The standard InChI is InChI=1S/C19H24FN3O3S/c1-5-26-17(25)19(4,12(2)3)21-10-16(24)23-18-22-15(11-27-18)13-6-8-14(20)9-7-13/h6-9,11-12,21H,5,10H2,1-4H3,(H,22,23,24). The molecule has 0 aliphatic rings. The van der Waals surface area contributed by atoms with Crippen molar-refractivity contribution in [3.8, 4) is 11.3 Å². The van der Waals surface area contributed by atoms with Gasteiger partial charge in [0, 0.05) is 10.9 Å². The number of halogens is 1. The number of rotatable bonds is 8. The summed E-state index contributed by atoms with van der Waals surface area (Å²) in [6.07, 6.45) is 0. The van der Waals surface area contributed by atoms with E-state index < -0.39 is 5.54 Å². The summed E-state index contributed by atoms with van der Waals surface area (Å²) < 4.78 is 18.1. The molecule has 1 heterocycles. The maximum Gasteiger partial charge on any atom is 0.326 e. The summed E-state index contributed by atoms with van der Waals surface area (Å²) in [4.78, 5) is 28.8. The van der Waals surface area contributed by atoms with Crippen LogP contribution in [0.3, 0.4) is 0 Å². The average Bonchev–Trinajstić information content (AvgIpc) is 3.08. The van der Waals surface area contributed by atoms with Gasteiger partial charge in [0.1, 0.15) is 11.4 Å². The van der Waals surface area contributed by atoms with Crippen molar-refractivity contribution in [3.63, 3.8) is 0 Å². The maximum atomic E-state index is 13.0. The Labute approximate surface area is 162 Å². The van der Waals surface area contributed by atoms with Crippen LogP contribution in [0.1, 0.15) is 27.7 Å². The molecule has 0 saturated carbocycles. The molecule has 1 aromatic carbocycles. The smallest absolute Gasteiger partial charge is 0.326 e. The number of carbonyl (C=O) groups is 2. The third-order valence-corrected chi connectivity index (χ3v) is 5.12. The van der Waals surface area contributed by atoms with Crippen molar-refractivity contribution >= 4 is 28.3 Å². The van der Waals surface area contributed by atoms with Crippen LogP contribution in [-0.2, 0) is 14.3 Å². The number of nitrogens with one attached hydrogen (secondary N) is 2. The zero-order chi connectivity index (χ0) is 20.0. The average molecular weight is 393 g/mol. The summed E-state index contributed by atoms with van der Waals surface area (Å²) >= 11 is 1.27. The molecule has 0 radical (unpaired) electrons. The van der Waals surface area contributed by atoms with Gasteiger partial charge in [0.25, 0.3) is 0 Å². The van der Waals surface area contributed by atoms with E-state index in [4.69, 9.17) is 4.74 Å². The van der Waals surface area contributed by atoms with Gasteiger partial charge < -0.3 is 10.1 Å². The molecule has 1 amide bonds. The molecular formula is C19H24FN3O3S. The van der Waals surface area contributed by atoms with Gasteiger partial charge in [-0.1, -0.05) is 13.8 Å². The van der Waals surface area contributed by atoms with E-state index in [0.29, 0.717) is 10.8 Å². The van der Waals surface area contributed by atoms with Crippen molar-refractivity contribution in [2.75, 3.05) is 18.5 Å². The molecule has 8 heteroatoms. The fourth-order valence-corrected chi connectivity index (χ4v) is 3.04. The molecular weight excluding hydrogens is 369 g/mol. The van der Waals surface area contributed by atoms with Crippen LogP contribution >= 0.6 is 11.3 Å². The molecule has 0 saturated heterocycles. The molecule has 146 valence electrons. The van der Waals surface area contributed by atoms with Crippen molar-refractivity contribution in [2.45, 2.75) is 33.2 Å².